The Hall–Kier alpha value is -3.53. The van der Waals surface area contributed by atoms with Crippen LogP contribution in [0.5, 0.6) is 5.75 Å². The maximum atomic E-state index is 11.9. The number of benzene rings is 1. The van der Waals surface area contributed by atoms with E-state index in [-0.39, 0.29) is 28.7 Å². The van der Waals surface area contributed by atoms with Crippen molar-refractivity contribution in [2.75, 3.05) is 35.2 Å². The SMILES string of the molecule is Cc1cnnc(C)c1C(C)Oc1ccc(N)c(C(=N)c2ccc(N3CC4(CCS(=O)(=O)C4)C3)nc2)c1. The largest absolute Gasteiger partial charge is 0.486 e. The lowest BCUT2D eigenvalue weighted by molar-refractivity contribution is 0.224. The highest BCUT2D eigenvalue weighted by Gasteiger charge is 2.50. The van der Waals surface area contributed by atoms with E-state index in [1.165, 1.54) is 0 Å². The van der Waals surface area contributed by atoms with Gasteiger partial charge < -0.3 is 15.4 Å². The van der Waals surface area contributed by atoms with Gasteiger partial charge in [0.2, 0.25) is 0 Å². The van der Waals surface area contributed by atoms with E-state index < -0.39 is 9.84 Å². The number of nitrogens with zero attached hydrogens (tertiary/aromatic N) is 4. The number of sulfone groups is 1. The molecule has 0 aliphatic carbocycles. The Morgan fingerprint density at radius 1 is 1.19 bits per heavy atom. The summed E-state index contributed by atoms with van der Waals surface area (Å²) < 4.78 is 29.9. The van der Waals surface area contributed by atoms with E-state index >= 15 is 0 Å². The fraction of sp³-hybridized carbons (Fsp3) is 0.385. The summed E-state index contributed by atoms with van der Waals surface area (Å²) in [6.07, 6.45) is 3.86. The van der Waals surface area contributed by atoms with Crippen LogP contribution >= 0.6 is 0 Å². The second-order valence-electron chi connectivity index (χ2n) is 10.0. The van der Waals surface area contributed by atoms with Gasteiger partial charge in [0.15, 0.2) is 9.84 Å². The summed E-state index contributed by atoms with van der Waals surface area (Å²) in [7, 11) is -2.91. The van der Waals surface area contributed by atoms with E-state index in [0.717, 1.165) is 29.1 Å². The molecule has 0 radical (unpaired) electrons. The molecular formula is C26H30N6O3S. The first-order valence-electron chi connectivity index (χ1n) is 11.9. The van der Waals surface area contributed by atoms with Crippen LogP contribution in [0, 0.1) is 24.7 Å². The van der Waals surface area contributed by atoms with Crippen molar-refractivity contribution in [1.82, 2.24) is 15.2 Å². The minimum atomic E-state index is -2.91. The maximum absolute atomic E-state index is 11.9. The van der Waals surface area contributed by atoms with E-state index in [0.29, 0.717) is 35.7 Å². The molecule has 2 aliphatic heterocycles. The monoisotopic (exact) mass is 506 g/mol. The second kappa shape index (κ2) is 8.85. The molecule has 2 aliphatic rings. The zero-order chi connectivity index (χ0) is 25.7. The number of aromatic nitrogens is 3. The lowest BCUT2D eigenvalue weighted by atomic mass is 9.79. The number of aryl methyl sites for hydroxylation is 2. The lowest BCUT2D eigenvalue weighted by Crippen LogP contribution is -2.57. The average molecular weight is 507 g/mol. The third-order valence-corrected chi connectivity index (χ3v) is 9.05. The molecule has 9 nitrogen and oxygen atoms in total. The van der Waals surface area contributed by atoms with E-state index in [2.05, 4.69) is 20.1 Å². The summed E-state index contributed by atoms with van der Waals surface area (Å²) in [5, 5.41) is 16.9. The van der Waals surface area contributed by atoms with Crippen LogP contribution in [0.25, 0.3) is 0 Å². The number of ether oxygens (including phenoxy) is 1. The smallest absolute Gasteiger partial charge is 0.151 e. The first kappa shape index (κ1) is 24.2. The number of nitrogens with one attached hydrogen (secondary N) is 1. The van der Waals surface area contributed by atoms with E-state index in [9.17, 15) is 8.42 Å². The Morgan fingerprint density at radius 3 is 2.61 bits per heavy atom. The Bertz CT molecular complexity index is 1410. The molecule has 1 spiro atoms. The van der Waals surface area contributed by atoms with Crippen molar-refractivity contribution in [2.24, 2.45) is 5.41 Å². The van der Waals surface area contributed by atoms with Gasteiger partial charge >= 0.3 is 0 Å². The fourth-order valence-corrected chi connectivity index (χ4v) is 7.50. The molecule has 2 aromatic heterocycles. The molecule has 2 fully saturated rings. The van der Waals surface area contributed by atoms with Crippen LogP contribution in [-0.2, 0) is 9.84 Å². The fourth-order valence-electron chi connectivity index (χ4n) is 5.35. The van der Waals surface area contributed by atoms with Gasteiger partial charge in [-0.15, -0.1) is 0 Å². The molecular weight excluding hydrogens is 476 g/mol. The molecule has 4 heterocycles. The predicted molar refractivity (Wildman–Crippen MR) is 139 cm³/mol. The van der Waals surface area contributed by atoms with Gasteiger partial charge in [-0.2, -0.15) is 10.2 Å². The molecule has 0 bridgehead atoms. The van der Waals surface area contributed by atoms with Crippen LogP contribution in [0.15, 0.2) is 42.7 Å². The number of pyridine rings is 1. The van der Waals surface area contributed by atoms with Crippen molar-refractivity contribution in [3.05, 3.63) is 70.7 Å². The predicted octanol–water partition coefficient (Wildman–Crippen LogP) is 3.25. The van der Waals surface area contributed by atoms with Gasteiger partial charge in [0.25, 0.3) is 0 Å². The summed E-state index contributed by atoms with van der Waals surface area (Å²) >= 11 is 0. The maximum Gasteiger partial charge on any atom is 0.151 e. The van der Waals surface area contributed by atoms with E-state index in [1.807, 2.05) is 32.9 Å². The van der Waals surface area contributed by atoms with Gasteiger partial charge in [-0.25, -0.2) is 13.4 Å². The summed E-state index contributed by atoms with van der Waals surface area (Å²) in [5.74, 6) is 1.95. The Kier molecular flexibility index (Phi) is 5.94. The zero-order valence-corrected chi connectivity index (χ0v) is 21.5. The topological polar surface area (TPSA) is 135 Å². The van der Waals surface area contributed by atoms with Crippen molar-refractivity contribution in [1.29, 1.82) is 5.41 Å². The molecule has 10 heteroatoms. The highest BCUT2D eigenvalue weighted by atomic mass is 32.2. The molecule has 1 aromatic carbocycles. The quantitative estimate of drug-likeness (QED) is 0.384. The molecule has 1 atom stereocenters. The molecule has 3 N–H and O–H groups in total. The third-order valence-electron chi connectivity index (χ3n) is 7.17. The zero-order valence-electron chi connectivity index (χ0n) is 20.7. The molecule has 188 valence electrons. The van der Waals surface area contributed by atoms with Gasteiger partial charge in [-0.05, 0) is 63.1 Å². The summed E-state index contributed by atoms with van der Waals surface area (Å²) in [5.41, 5.74) is 10.8. The molecule has 1 unspecified atom stereocenters. The number of hydrogen-bond acceptors (Lipinski definition) is 9. The minimum absolute atomic E-state index is 0.124. The van der Waals surface area contributed by atoms with Crippen LogP contribution in [0.3, 0.4) is 0 Å². The molecule has 36 heavy (non-hydrogen) atoms. The van der Waals surface area contributed by atoms with E-state index in [1.54, 1.807) is 30.6 Å². The van der Waals surface area contributed by atoms with Gasteiger partial charge in [-0.3, -0.25) is 5.41 Å². The summed E-state index contributed by atoms with van der Waals surface area (Å²) in [6.45, 7) is 7.25. The highest BCUT2D eigenvalue weighted by molar-refractivity contribution is 7.91. The molecule has 0 saturated carbocycles. The number of nitrogens with two attached hydrogens (primary N) is 1. The highest BCUT2D eigenvalue weighted by Crippen LogP contribution is 2.42. The molecule has 2 saturated heterocycles. The van der Waals surface area contributed by atoms with Crippen LogP contribution in [0.2, 0.25) is 0 Å². The van der Waals surface area contributed by atoms with E-state index in [4.69, 9.17) is 15.9 Å². The first-order valence-corrected chi connectivity index (χ1v) is 13.7. The first-order chi connectivity index (χ1) is 17.1. The van der Waals surface area contributed by atoms with Crippen molar-refractivity contribution < 1.29 is 13.2 Å². The van der Waals surface area contributed by atoms with Crippen molar-refractivity contribution >= 4 is 27.1 Å². The van der Waals surface area contributed by atoms with Gasteiger partial charge in [0.1, 0.15) is 17.7 Å². The minimum Gasteiger partial charge on any atom is -0.486 e. The third kappa shape index (κ3) is 4.53. The summed E-state index contributed by atoms with van der Waals surface area (Å²) in [4.78, 5) is 6.64. The lowest BCUT2D eigenvalue weighted by Gasteiger charge is -2.48. The number of hydrogen-bond donors (Lipinski definition) is 2. The van der Waals surface area contributed by atoms with Gasteiger partial charge in [0.05, 0.1) is 29.1 Å². The van der Waals surface area contributed by atoms with Gasteiger partial charge in [0, 0.05) is 47.1 Å². The Labute approximate surface area is 211 Å². The Morgan fingerprint density at radius 2 is 1.97 bits per heavy atom. The van der Waals surface area contributed by atoms with Crippen molar-refractivity contribution in [3.8, 4) is 5.75 Å². The number of anilines is 2. The average Bonchev–Trinajstić information content (AvgIpc) is 3.15. The van der Waals surface area contributed by atoms with Crippen LogP contribution in [0.1, 0.15) is 47.4 Å². The van der Waals surface area contributed by atoms with Crippen LogP contribution in [-0.4, -0.2) is 53.9 Å². The number of nitrogen functional groups attached to an aromatic ring is 1. The Balaban J connectivity index is 1.29. The molecule has 0 amide bonds. The summed E-state index contributed by atoms with van der Waals surface area (Å²) in [6, 6.07) is 9.05. The molecule has 3 aromatic rings. The standard InChI is InChI=1S/C26H30N6O3S/c1-16-11-30-31-17(2)24(16)18(3)35-20-5-6-22(27)21(10-20)25(28)19-4-7-23(29-12-19)32-13-26(14-32)8-9-36(33,34)15-26/h4-7,10-12,18,28H,8-9,13-15,27H2,1-3H3. The van der Waals surface area contributed by atoms with Crippen LogP contribution in [0.4, 0.5) is 11.5 Å². The van der Waals surface area contributed by atoms with Crippen molar-refractivity contribution in [3.63, 3.8) is 0 Å². The van der Waals surface area contributed by atoms with Crippen LogP contribution < -0.4 is 15.4 Å². The second-order valence-corrected chi connectivity index (χ2v) is 12.2. The van der Waals surface area contributed by atoms with Gasteiger partial charge in [-0.1, -0.05) is 0 Å². The molecule has 5 rings (SSSR count). The van der Waals surface area contributed by atoms with Crippen molar-refractivity contribution in [2.45, 2.75) is 33.3 Å². The normalized spacial score (nSPS) is 18.6. The number of rotatable bonds is 6.